The monoisotopic (exact) mass is 180 g/mol. The van der Waals surface area contributed by atoms with Crippen LogP contribution in [-0.4, -0.2) is 11.1 Å². The summed E-state index contributed by atoms with van der Waals surface area (Å²) >= 11 is 0. The van der Waals surface area contributed by atoms with Crippen LogP contribution in [-0.2, 0) is 0 Å². The van der Waals surface area contributed by atoms with Crippen LogP contribution in [0.25, 0.3) is 0 Å². The van der Waals surface area contributed by atoms with E-state index in [0.29, 0.717) is 0 Å². The molecule has 0 unspecified atom stereocenters. The van der Waals surface area contributed by atoms with E-state index in [4.69, 9.17) is 10.5 Å². The van der Waals surface area contributed by atoms with Gasteiger partial charge in [-0.1, -0.05) is 7.43 Å². The summed E-state index contributed by atoms with van der Waals surface area (Å²) in [4.78, 5) is 0. The SMILES string of the molecule is C.CC(C)(C#N)N=NC(C)(C)C#N. The highest BCUT2D eigenvalue weighted by molar-refractivity contribution is 5.03. The van der Waals surface area contributed by atoms with Gasteiger partial charge in [0.2, 0.25) is 0 Å². The number of hydrogen-bond donors (Lipinski definition) is 0. The first-order chi connectivity index (χ1) is 5.33. The molecule has 0 aromatic rings. The third kappa shape index (κ3) is 5.81. The predicted octanol–water partition coefficient (Wildman–Crippen LogP) is 2.68. The molecule has 0 aromatic heterocycles. The molecule has 0 atom stereocenters. The van der Waals surface area contributed by atoms with Gasteiger partial charge in [-0.15, -0.1) is 0 Å². The summed E-state index contributed by atoms with van der Waals surface area (Å²) in [6, 6.07) is 3.94. The van der Waals surface area contributed by atoms with Gasteiger partial charge in [-0.05, 0) is 27.7 Å². The molecule has 0 heterocycles. The molecule has 0 N–H and O–H groups in total. The number of rotatable bonds is 2. The van der Waals surface area contributed by atoms with Crippen molar-refractivity contribution in [3.05, 3.63) is 0 Å². The zero-order chi connectivity index (χ0) is 9.83. The van der Waals surface area contributed by atoms with Crippen LogP contribution in [0.3, 0.4) is 0 Å². The maximum absolute atomic E-state index is 8.58. The van der Waals surface area contributed by atoms with E-state index in [-0.39, 0.29) is 7.43 Å². The summed E-state index contributed by atoms with van der Waals surface area (Å²) in [6.07, 6.45) is 0. The second-order valence-corrected chi connectivity index (χ2v) is 3.54. The lowest BCUT2D eigenvalue weighted by atomic mass is 10.1. The third-order valence-electron chi connectivity index (χ3n) is 1.10. The molecule has 0 saturated carbocycles. The van der Waals surface area contributed by atoms with Crippen molar-refractivity contribution < 1.29 is 0 Å². The molecule has 0 aliphatic heterocycles. The molecule has 0 saturated heterocycles. The van der Waals surface area contributed by atoms with Crippen LogP contribution in [0.15, 0.2) is 10.2 Å². The second kappa shape index (κ2) is 4.57. The van der Waals surface area contributed by atoms with Crippen molar-refractivity contribution >= 4 is 0 Å². The lowest BCUT2D eigenvalue weighted by Crippen LogP contribution is -2.17. The molecule has 4 heteroatoms. The molecule has 4 nitrogen and oxygen atoms in total. The first kappa shape index (κ1) is 14.1. The zero-order valence-electron chi connectivity index (χ0n) is 7.79. The van der Waals surface area contributed by atoms with Gasteiger partial charge < -0.3 is 0 Å². The summed E-state index contributed by atoms with van der Waals surface area (Å²) in [7, 11) is 0. The van der Waals surface area contributed by atoms with Crippen LogP contribution >= 0.6 is 0 Å². The fourth-order valence-corrected chi connectivity index (χ4v) is 0.295. The first-order valence-electron chi connectivity index (χ1n) is 3.59. The first-order valence-corrected chi connectivity index (χ1v) is 3.59. The van der Waals surface area contributed by atoms with E-state index in [9.17, 15) is 0 Å². The average Bonchev–Trinajstić information content (AvgIpc) is 2.02. The van der Waals surface area contributed by atoms with E-state index >= 15 is 0 Å². The van der Waals surface area contributed by atoms with Gasteiger partial charge in [0, 0.05) is 0 Å². The van der Waals surface area contributed by atoms with E-state index in [1.54, 1.807) is 27.7 Å². The number of nitrogens with zero attached hydrogens (tertiary/aromatic N) is 4. The summed E-state index contributed by atoms with van der Waals surface area (Å²) in [5.41, 5.74) is -1.68. The lowest BCUT2D eigenvalue weighted by molar-refractivity contribution is 0.541. The van der Waals surface area contributed by atoms with Crippen molar-refractivity contribution in [1.82, 2.24) is 0 Å². The molecular formula is C9H16N4. The Morgan fingerprint density at radius 3 is 1.23 bits per heavy atom. The van der Waals surface area contributed by atoms with Crippen LogP contribution in [0.1, 0.15) is 35.1 Å². The number of nitriles is 2. The smallest absolute Gasteiger partial charge is 0.162 e. The molecule has 0 amide bonds. The summed E-state index contributed by atoms with van der Waals surface area (Å²) in [5, 5.41) is 24.7. The van der Waals surface area contributed by atoms with Crippen molar-refractivity contribution in [2.75, 3.05) is 0 Å². The molecule has 0 aliphatic rings. The predicted molar refractivity (Wildman–Crippen MR) is 51.0 cm³/mol. The standard InChI is InChI=1S/C8H12N4.CH4/c1-7(2,5-9)11-12-8(3,4)6-10;/h1-4H3;1H4. The highest BCUT2D eigenvalue weighted by Gasteiger charge is 2.19. The van der Waals surface area contributed by atoms with Crippen LogP contribution in [0, 0.1) is 22.7 Å². The minimum Gasteiger partial charge on any atom is -0.196 e. The Bertz CT molecular complexity index is 234. The second-order valence-electron chi connectivity index (χ2n) is 3.54. The van der Waals surface area contributed by atoms with Gasteiger partial charge in [0.25, 0.3) is 0 Å². The van der Waals surface area contributed by atoms with Crippen molar-refractivity contribution in [3.8, 4) is 12.1 Å². The molecule has 0 aromatic carbocycles. The Morgan fingerprint density at radius 1 is 0.846 bits per heavy atom. The third-order valence-corrected chi connectivity index (χ3v) is 1.10. The molecule has 0 spiro atoms. The molecule has 0 radical (unpaired) electrons. The highest BCUT2D eigenvalue weighted by atomic mass is 15.2. The molecule has 0 aliphatic carbocycles. The molecule has 0 rings (SSSR count). The van der Waals surface area contributed by atoms with Crippen LogP contribution < -0.4 is 0 Å². The maximum Gasteiger partial charge on any atom is 0.162 e. The molecule has 0 fully saturated rings. The fraction of sp³-hybridized carbons (Fsp3) is 0.778. The van der Waals surface area contributed by atoms with Gasteiger partial charge in [-0.25, -0.2) is 0 Å². The average molecular weight is 180 g/mol. The summed E-state index contributed by atoms with van der Waals surface area (Å²) < 4.78 is 0. The Balaban J connectivity index is 0. The molecular weight excluding hydrogens is 164 g/mol. The maximum atomic E-state index is 8.58. The van der Waals surface area contributed by atoms with E-state index in [0.717, 1.165) is 0 Å². The van der Waals surface area contributed by atoms with Gasteiger partial charge in [0.05, 0.1) is 12.1 Å². The Hall–Kier alpha value is -1.42. The van der Waals surface area contributed by atoms with E-state index < -0.39 is 11.1 Å². The lowest BCUT2D eigenvalue weighted by Gasteiger charge is -2.11. The van der Waals surface area contributed by atoms with Gasteiger partial charge in [-0.2, -0.15) is 20.8 Å². The molecule has 0 bridgehead atoms. The van der Waals surface area contributed by atoms with Crippen molar-refractivity contribution in [2.45, 2.75) is 46.2 Å². The van der Waals surface area contributed by atoms with Crippen molar-refractivity contribution in [3.63, 3.8) is 0 Å². The topological polar surface area (TPSA) is 72.3 Å². The van der Waals surface area contributed by atoms with Crippen molar-refractivity contribution in [2.24, 2.45) is 10.2 Å². The van der Waals surface area contributed by atoms with E-state index in [1.165, 1.54) is 0 Å². The quantitative estimate of drug-likeness (QED) is 0.613. The Kier molecular flexibility index (Phi) is 4.96. The zero-order valence-corrected chi connectivity index (χ0v) is 7.79. The normalized spacial score (nSPS) is 11.5. The van der Waals surface area contributed by atoms with Gasteiger partial charge in [-0.3, -0.25) is 0 Å². The van der Waals surface area contributed by atoms with Gasteiger partial charge in [0.1, 0.15) is 0 Å². The van der Waals surface area contributed by atoms with Crippen LogP contribution in [0.2, 0.25) is 0 Å². The fourth-order valence-electron chi connectivity index (χ4n) is 0.295. The summed E-state index contributed by atoms with van der Waals surface area (Å²) in [6.45, 7) is 6.57. The number of hydrogen-bond acceptors (Lipinski definition) is 4. The van der Waals surface area contributed by atoms with Crippen LogP contribution in [0.5, 0.6) is 0 Å². The van der Waals surface area contributed by atoms with E-state index in [2.05, 4.69) is 10.2 Å². The van der Waals surface area contributed by atoms with Gasteiger partial charge in [0.15, 0.2) is 11.1 Å². The number of azo groups is 1. The van der Waals surface area contributed by atoms with Crippen molar-refractivity contribution in [1.29, 1.82) is 10.5 Å². The summed E-state index contributed by atoms with van der Waals surface area (Å²) in [5.74, 6) is 0. The largest absolute Gasteiger partial charge is 0.196 e. The van der Waals surface area contributed by atoms with Crippen LogP contribution in [0.4, 0.5) is 0 Å². The minimum absolute atomic E-state index is 0. The van der Waals surface area contributed by atoms with E-state index in [1.807, 2.05) is 12.1 Å². The Labute approximate surface area is 79.9 Å². The van der Waals surface area contributed by atoms with Gasteiger partial charge >= 0.3 is 0 Å². The molecule has 72 valence electrons. The minimum atomic E-state index is -0.839. The molecule has 13 heavy (non-hydrogen) atoms. The highest BCUT2D eigenvalue weighted by Crippen LogP contribution is 2.13. The Morgan fingerprint density at radius 2 is 1.08 bits per heavy atom.